The number of anilines is 2. The first-order chi connectivity index (χ1) is 12.1. The predicted octanol–water partition coefficient (Wildman–Crippen LogP) is 3.90. The highest BCUT2D eigenvalue weighted by Gasteiger charge is 2.29. The quantitative estimate of drug-likeness (QED) is 0.687. The standard InChI is InChI=1S/C20H23N5.2ClH/c1-25(12-14-7-4-6-13-5-2-3-8-17(13)14)19-11-18(23-20(22)24-19)15-9-16(21)10-15;;/h2-8,11,15-16H,9-10,12,21H2,1H3,(H2,22,23,24);2*1H. The number of fused-ring (bicyclic) bond motifs is 1. The van der Waals surface area contributed by atoms with Crippen LogP contribution in [0.1, 0.15) is 30.0 Å². The zero-order valence-corrected chi connectivity index (χ0v) is 16.8. The van der Waals surface area contributed by atoms with Crippen molar-refractivity contribution in [1.29, 1.82) is 0 Å². The second-order valence-corrected chi connectivity index (χ2v) is 6.93. The van der Waals surface area contributed by atoms with E-state index in [4.69, 9.17) is 11.5 Å². The molecule has 0 saturated heterocycles. The number of hydrogen-bond donors (Lipinski definition) is 2. The van der Waals surface area contributed by atoms with Crippen LogP contribution in [0.5, 0.6) is 0 Å². The van der Waals surface area contributed by atoms with Crippen molar-refractivity contribution < 1.29 is 0 Å². The summed E-state index contributed by atoms with van der Waals surface area (Å²) in [5.41, 5.74) is 14.1. The highest BCUT2D eigenvalue weighted by Crippen LogP contribution is 2.36. The number of hydrogen-bond acceptors (Lipinski definition) is 5. The minimum atomic E-state index is 0. The second kappa shape index (κ2) is 8.74. The van der Waals surface area contributed by atoms with E-state index in [1.54, 1.807) is 0 Å². The smallest absolute Gasteiger partial charge is 0.222 e. The zero-order valence-electron chi connectivity index (χ0n) is 15.2. The van der Waals surface area contributed by atoms with Gasteiger partial charge in [-0.05, 0) is 29.2 Å². The van der Waals surface area contributed by atoms with Crippen LogP contribution < -0.4 is 16.4 Å². The molecule has 27 heavy (non-hydrogen) atoms. The summed E-state index contributed by atoms with van der Waals surface area (Å²) in [7, 11) is 2.04. The number of aromatic nitrogens is 2. The zero-order chi connectivity index (χ0) is 17.4. The molecule has 0 atom stereocenters. The molecule has 4 N–H and O–H groups in total. The van der Waals surface area contributed by atoms with Crippen LogP contribution in [0.4, 0.5) is 11.8 Å². The molecule has 1 aliphatic rings. The first-order valence-electron chi connectivity index (χ1n) is 8.68. The maximum Gasteiger partial charge on any atom is 0.222 e. The summed E-state index contributed by atoms with van der Waals surface area (Å²) in [6.45, 7) is 0.765. The van der Waals surface area contributed by atoms with E-state index in [0.29, 0.717) is 11.9 Å². The van der Waals surface area contributed by atoms with Crippen LogP contribution in [0.3, 0.4) is 0 Å². The van der Waals surface area contributed by atoms with Crippen molar-refractivity contribution in [2.45, 2.75) is 31.3 Å². The molecule has 3 aromatic rings. The van der Waals surface area contributed by atoms with E-state index in [1.165, 1.54) is 16.3 Å². The summed E-state index contributed by atoms with van der Waals surface area (Å²) in [6.07, 6.45) is 1.95. The molecular formula is C20H25Cl2N5. The fourth-order valence-corrected chi connectivity index (χ4v) is 3.55. The molecule has 0 aliphatic heterocycles. The number of nitrogens with zero attached hydrogens (tertiary/aromatic N) is 3. The Kier molecular flexibility index (Phi) is 6.87. The average Bonchev–Trinajstić information content (AvgIpc) is 2.59. The van der Waals surface area contributed by atoms with Crippen LogP contribution in [0.25, 0.3) is 10.8 Å². The van der Waals surface area contributed by atoms with Crippen molar-refractivity contribution >= 4 is 47.4 Å². The Bertz CT molecular complexity index is 907. The third-order valence-corrected chi connectivity index (χ3v) is 5.02. The first-order valence-corrected chi connectivity index (χ1v) is 8.68. The molecule has 0 bridgehead atoms. The Balaban J connectivity index is 0.00000131. The molecule has 1 fully saturated rings. The summed E-state index contributed by atoms with van der Waals surface area (Å²) < 4.78 is 0. The van der Waals surface area contributed by atoms with E-state index >= 15 is 0 Å². The van der Waals surface area contributed by atoms with Crippen molar-refractivity contribution in [2.75, 3.05) is 17.7 Å². The Labute approximate surface area is 172 Å². The van der Waals surface area contributed by atoms with E-state index in [-0.39, 0.29) is 30.9 Å². The molecule has 2 aromatic carbocycles. The third-order valence-electron chi connectivity index (χ3n) is 5.02. The Morgan fingerprint density at radius 3 is 2.48 bits per heavy atom. The molecule has 4 rings (SSSR count). The van der Waals surface area contributed by atoms with Gasteiger partial charge in [0.05, 0.1) is 5.69 Å². The van der Waals surface area contributed by atoms with Crippen LogP contribution >= 0.6 is 24.8 Å². The molecule has 1 aliphatic carbocycles. The van der Waals surface area contributed by atoms with Gasteiger partial charge in [0.1, 0.15) is 5.82 Å². The van der Waals surface area contributed by atoms with Crippen molar-refractivity contribution in [3.63, 3.8) is 0 Å². The third kappa shape index (κ3) is 4.43. The van der Waals surface area contributed by atoms with Gasteiger partial charge in [-0.1, -0.05) is 42.5 Å². The predicted molar refractivity (Wildman–Crippen MR) is 117 cm³/mol. The van der Waals surface area contributed by atoms with Gasteiger partial charge in [-0.2, -0.15) is 4.98 Å². The van der Waals surface area contributed by atoms with Gasteiger partial charge in [0.25, 0.3) is 0 Å². The molecule has 7 heteroatoms. The summed E-state index contributed by atoms with van der Waals surface area (Å²) in [5, 5.41) is 2.52. The molecule has 0 unspecified atom stereocenters. The molecule has 0 spiro atoms. The van der Waals surface area contributed by atoms with Gasteiger partial charge >= 0.3 is 0 Å². The highest BCUT2D eigenvalue weighted by molar-refractivity contribution is 5.86. The Morgan fingerprint density at radius 1 is 1.04 bits per heavy atom. The lowest BCUT2D eigenvalue weighted by Gasteiger charge is -2.32. The van der Waals surface area contributed by atoms with Crippen LogP contribution in [0.15, 0.2) is 48.5 Å². The van der Waals surface area contributed by atoms with Gasteiger partial charge in [0, 0.05) is 31.6 Å². The van der Waals surface area contributed by atoms with Crippen LogP contribution in [-0.4, -0.2) is 23.1 Å². The number of nitrogens with two attached hydrogens (primary N) is 2. The van der Waals surface area contributed by atoms with Crippen LogP contribution in [0, 0.1) is 0 Å². The number of nitrogen functional groups attached to an aromatic ring is 1. The summed E-state index contributed by atoms with van der Waals surface area (Å²) in [4.78, 5) is 11.0. The fourth-order valence-electron chi connectivity index (χ4n) is 3.55. The lowest BCUT2D eigenvalue weighted by molar-refractivity contribution is 0.345. The number of benzene rings is 2. The van der Waals surface area contributed by atoms with Crippen molar-refractivity contribution in [3.8, 4) is 0 Å². The molecule has 1 aromatic heterocycles. The minimum Gasteiger partial charge on any atom is -0.368 e. The first kappa shape index (κ1) is 21.2. The van der Waals surface area contributed by atoms with Gasteiger partial charge in [-0.25, -0.2) is 4.98 Å². The summed E-state index contributed by atoms with van der Waals surface area (Å²) in [5.74, 6) is 1.60. The minimum absolute atomic E-state index is 0. The molecule has 0 radical (unpaired) electrons. The van der Waals surface area contributed by atoms with Crippen molar-refractivity contribution in [3.05, 3.63) is 59.8 Å². The molecule has 5 nitrogen and oxygen atoms in total. The molecule has 1 heterocycles. The molecule has 0 amide bonds. The normalized spacial score (nSPS) is 18.1. The number of halogens is 2. The summed E-state index contributed by atoms with van der Waals surface area (Å²) in [6, 6.07) is 17.2. The fraction of sp³-hybridized carbons (Fsp3) is 0.300. The molecule has 144 valence electrons. The van der Waals surface area contributed by atoms with Gasteiger partial charge in [0.15, 0.2) is 0 Å². The van der Waals surface area contributed by atoms with Crippen molar-refractivity contribution in [2.24, 2.45) is 5.73 Å². The Morgan fingerprint density at radius 2 is 1.74 bits per heavy atom. The molecule has 1 saturated carbocycles. The lowest BCUT2D eigenvalue weighted by Crippen LogP contribution is -2.35. The average molecular weight is 406 g/mol. The van der Waals surface area contributed by atoms with Crippen LogP contribution in [-0.2, 0) is 6.54 Å². The van der Waals surface area contributed by atoms with E-state index in [2.05, 4.69) is 63.4 Å². The maximum absolute atomic E-state index is 5.95. The van der Waals surface area contributed by atoms with E-state index in [1.807, 2.05) is 7.05 Å². The summed E-state index contributed by atoms with van der Waals surface area (Å²) >= 11 is 0. The van der Waals surface area contributed by atoms with Gasteiger partial charge < -0.3 is 16.4 Å². The SMILES string of the molecule is CN(Cc1cccc2ccccc12)c1cc(C2CC(N)C2)nc(N)n1.Cl.Cl. The monoisotopic (exact) mass is 405 g/mol. The van der Waals surface area contributed by atoms with Gasteiger partial charge in [-0.3, -0.25) is 0 Å². The van der Waals surface area contributed by atoms with Gasteiger partial charge in [0.2, 0.25) is 5.95 Å². The lowest BCUT2D eigenvalue weighted by atomic mass is 9.78. The largest absolute Gasteiger partial charge is 0.368 e. The van der Waals surface area contributed by atoms with Crippen LogP contribution in [0.2, 0.25) is 0 Å². The van der Waals surface area contributed by atoms with Gasteiger partial charge in [-0.15, -0.1) is 24.8 Å². The Hall–Kier alpha value is -2.08. The highest BCUT2D eigenvalue weighted by atomic mass is 35.5. The maximum atomic E-state index is 5.95. The topological polar surface area (TPSA) is 81.1 Å². The van der Waals surface area contributed by atoms with Crippen molar-refractivity contribution in [1.82, 2.24) is 9.97 Å². The number of rotatable bonds is 4. The second-order valence-electron chi connectivity index (χ2n) is 6.93. The van der Waals surface area contributed by atoms with E-state index in [9.17, 15) is 0 Å². The van der Waals surface area contributed by atoms with E-state index < -0.39 is 0 Å². The molecular weight excluding hydrogens is 381 g/mol. The van der Waals surface area contributed by atoms with E-state index in [0.717, 1.165) is 30.9 Å².